The van der Waals surface area contributed by atoms with Crippen LogP contribution in [-0.4, -0.2) is 152 Å². The second-order valence-corrected chi connectivity index (χ2v) is 8.50. The lowest BCUT2D eigenvalue weighted by atomic mass is 9.93. The average molecular weight is 517 g/mol. The van der Waals surface area contributed by atoms with E-state index in [2.05, 4.69) is 0 Å². The molecule has 2 aliphatic rings. The third kappa shape index (κ3) is 6.30. The van der Waals surface area contributed by atoms with Gasteiger partial charge in [0.05, 0.1) is 31.9 Å². The van der Waals surface area contributed by atoms with E-state index in [0.717, 1.165) is 0 Å². The van der Waals surface area contributed by atoms with Crippen molar-refractivity contribution in [1.29, 1.82) is 0 Å². The number of hydrogen-bond donors (Lipinski definition) is 12. The van der Waals surface area contributed by atoms with Crippen LogP contribution in [0.25, 0.3) is 0 Å². The number of aliphatic hydroxyl groups excluding tert-OH is 8. The van der Waals surface area contributed by atoms with Gasteiger partial charge >= 0.3 is 0 Å². The summed E-state index contributed by atoms with van der Waals surface area (Å²) >= 11 is 0. The van der Waals surface area contributed by atoms with Crippen molar-refractivity contribution in [2.45, 2.75) is 85.3 Å². The molecule has 0 aromatic carbocycles. The van der Waals surface area contributed by atoms with Crippen LogP contribution in [-0.2, 0) is 23.7 Å². The van der Waals surface area contributed by atoms with Crippen molar-refractivity contribution in [3.63, 3.8) is 0 Å². The van der Waals surface area contributed by atoms with Crippen molar-refractivity contribution in [3.05, 3.63) is 0 Å². The lowest BCUT2D eigenvalue weighted by molar-refractivity contribution is -0.376. The number of aldehydes is 1. The van der Waals surface area contributed by atoms with E-state index in [9.17, 15) is 45.6 Å². The zero-order valence-electron chi connectivity index (χ0n) is 18.6. The first-order chi connectivity index (χ1) is 16.4. The van der Waals surface area contributed by atoms with E-state index < -0.39 is 105 Å². The molecule has 206 valence electrons. The van der Waals surface area contributed by atoms with Crippen molar-refractivity contribution >= 4 is 6.29 Å². The van der Waals surface area contributed by atoms with E-state index in [1.807, 2.05) is 0 Å². The maximum atomic E-state index is 11.0. The molecule has 0 spiro atoms. The molecule has 2 rings (SSSR count). The molecule has 0 aromatic rings. The van der Waals surface area contributed by atoms with Gasteiger partial charge in [-0.1, -0.05) is 0 Å². The third-order valence-corrected chi connectivity index (χ3v) is 6.05. The van der Waals surface area contributed by atoms with Gasteiger partial charge in [-0.05, 0) is 0 Å². The molecule has 17 heteroatoms. The smallest absolute Gasteiger partial charge is 0.244 e. The van der Waals surface area contributed by atoms with E-state index in [1.165, 1.54) is 0 Å². The largest absolute Gasteiger partial charge is 0.394 e. The minimum atomic E-state index is -2.52. The summed E-state index contributed by atoms with van der Waals surface area (Å²) < 4.78 is 21.8. The van der Waals surface area contributed by atoms with Gasteiger partial charge in [-0.25, -0.2) is 0 Å². The number of carbonyl (C=O) groups excluding carboxylic acids is 1. The molecule has 17 nitrogen and oxygen atoms in total. The van der Waals surface area contributed by atoms with Gasteiger partial charge in [0.2, 0.25) is 5.91 Å². The summed E-state index contributed by atoms with van der Waals surface area (Å²) in [6.07, 6.45) is -16.0. The number of aliphatic hydroxyl groups is 8. The zero-order valence-corrected chi connectivity index (χ0v) is 18.6. The van der Waals surface area contributed by atoms with Crippen molar-refractivity contribution < 1.29 is 64.6 Å². The minimum Gasteiger partial charge on any atom is -0.394 e. The summed E-state index contributed by atoms with van der Waals surface area (Å²) in [5.74, 6) is -2.52. The summed E-state index contributed by atoms with van der Waals surface area (Å²) in [7, 11) is 0. The first-order valence-electron chi connectivity index (χ1n) is 10.8. The molecular weight excluding hydrogens is 480 g/mol. The fourth-order valence-corrected chi connectivity index (χ4v) is 3.83. The highest BCUT2D eigenvalue weighted by Crippen LogP contribution is 2.32. The SMILES string of the molecule is N[C@H]1[C@H](O[C@H]2[C@H](O)[C@@H](N)[C@@](N)(O[C@@H]([C@H](O)[C@@H](N)C=O)[C@H](O)CO)O[C@@H]2CO)O[C@H](CO)[C@@H](O)[C@@H]1O. The fraction of sp³-hybridized carbons (Fsp3) is 0.944. The molecular formula is C18H36N4O13. The van der Waals surface area contributed by atoms with E-state index >= 15 is 0 Å². The van der Waals surface area contributed by atoms with Crippen molar-refractivity contribution in [3.8, 4) is 0 Å². The molecule has 0 radical (unpaired) electrons. The molecule has 2 aliphatic heterocycles. The van der Waals surface area contributed by atoms with Crippen LogP contribution < -0.4 is 22.9 Å². The van der Waals surface area contributed by atoms with Gasteiger partial charge in [-0.2, -0.15) is 0 Å². The minimum absolute atomic E-state index is 0.156. The Hall–Kier alpha value is -0.970. The molecule has 2 heterocycles. The van der Waals surface area contributed by atoms with Gasteiger partial charge in [-0.15, -0.1) is 0 Å². The number of carbonyl (C=O) groups is 1. The van der Waals surface area contributed by atoms with Crippen LogP contribution in [0.4, 0.5) is 0 Å². The Morgan fingerprint density at radius 1 is 1.00 bits per heavy atom. The number of nitrogens with two attached hydrogens (primary N) is 4. The van der Waals surface area contributed by atoms with E-state index in [-0.39, 0.29) is 6.29 Å². The van der Waals surface area contributed by atoms with Gasteiger partial charge < -0.3 is 81.8 Å². The summed E-state index contributed by atoms with van der Waals surface area (Å²) in [6, 6.07) is -4.61. The van der Waals surface area contributed by atoms with Crippen molar-refractivity contribution in [2.75, 3.05) is 19.8 Å². The van der Waals surface area contributed by atoms with Crippen LogP contribution >= 0.6 is 0 Å². The fourth-order valence-electron chi connectivity index (χ4n) is 3.83. The topological polar surface area (TPSA) is 320 Å². The highest BCUT2D eigenvalue weighted by molar-refractivity contribution is 5.58. The summed E-state index contributed by atoms with van der Waals surface area (Å²) in [5.41, 5.74) is 23.3. The van der Waals surface area contributed by atoms with Gasteiger partial charge in [-0.3, -0.25) is 5.73 Å². The van der Waals surface area contributed by atoms with Gasteiger partial charge in [0.25, 0.3) is 0 Å². The molecule has 2 saturated heterocycles. The molecule has 14 atom stereocenters. The van der Waals surface area contributed by atoms with Crippen molar-refractivity contribution in [2.24, 2.45) is 22.9 Å². The van der Waals surface area contributed by atoms with E-state index in [4.69, 9.17) is 41.9 Å². The summed E-state index contributed by atoms with van der Waals surface area (Å²) in [5, 5.41) is 79.6. The van der Waals surface area contributed by atoms with E-state index in [1.54, 1.807) is 0 Å². The normalized spacial score (nSPS) is 43.8. The van der Waals surface area contributed by atoms with Crippen LogP contribution in [0, 0.1) is 0 Å². The van der Waals surface area contributed by atoms with Gasteiger partial charge in [0.1, 0.15) is 67.3 Å². The predicted octanol–water partition coefficient (Wildman–Crippen LogP) is -8.54. The lowest BCUT2D eigenvalue weighted by Crippen LogP contribution is -2.76. The Morgan fingerprint density at radius 2 is 1.60 bits per heavy atom. The van der Waals surface area contributed by atoms with Crippen molar-refractivity contribution in [1.82, 2.24) is 0 Å². The Balaban J connectivity index is 2.25. The molecule has 0 aliphatic carbocycles. The molecule has 0 saturated carbocycles. The van der Waals surface area contributed by atoms with Crippen LogP contribution in [0.3, 0.4) is 0 Å². The van der Waals surface area contributed by atoms with Crippen LogP contribution in [0.2, 0.25) is 0 Å². The highest BCUT2D eigenvalue weighted by atomic mass is 16.8. The molecule has 16 N–H and O–H groups in total. The lowest BCUT2D eigenvalue weighted by Gasteiger charge is -2.51. The van der Waals surface area contributed by atoms with Crippen LogP contribution in [0.15, 0.2) is 0 Å². The Kier molecular flexibility index (Phi) is 10.8. The Morgan fingerprint density at radius 3 is 2.11 bits per heavy atom. The zero-order chi connectivity index (χ0) is 26.7. The molecule has 35 heavy (non-hydrogen) atoms. The second kappa shape index (κ2) is 12.5. The Bertz CT molecular complexity index is 678. The monoisotopic (exact) mass is 516 g/mol. The summed E-state index contributed by atoms with van der Waals surface area (Å²) in [6.45, 7) is -2.50. The quantitative estimate of drug-likeness (QED) is 0.0895. The summed E-state index contributed by atoms with van der Waals surface area (Å²) in [4.78, 5) is 11.0. The number of rotatable bonds is 11. The predicted molar refractivity (Wildman–Crippen MR) is 111 cm³/mol. The van der Waals surface area contributed by atoms with Crippen LogP contribution in [0.5, 0.6) is 0 Å². The van der Waals surface area contributed by atoms with Gasteiger partial charge in [0, 0.05) is 0 Å². The molecule has 0 amide bonds. The highest BCUT2D eigenvalue weighted by Gasteiger charge is 2.56. The second-order valence-electron chi connectivity index (χ2n) is 8.50. The molecule has 0 unspecified atom stereocenters. The molecule has 2 fully saturated rings. The molecule has 0 aromatic heterocycles. The first-order valence-corrected chi connectivity index (χ1v) is 10.8. The third-order valence-electron chi connectivity index (χ3n) is 6.05. The van der Waals surface area contributed by atoms with Crippen LogP contribution in [0.1, 0.15) is 0 Å². The van der Waals surface area contributed by atoms with E-state index in [0.29, 0.717) is 0 Å². The maximum absolute atomic E-state index is 11.0. The van der Waals surface area contributed by atoms with Gasteiger partial charge in [0.15, 0.2) is 6.29 Å². The first kappa shape index (κ1) is 30.3. The molecule has 0 bridgehead atoms. The average Bonchev–Trinajstić information content (AvgIpc) is 2.86. The number of hydrogen-bond acceptors (Lipinski definition) is 17. The maximum Gasteiger partial charge on any atom is 0.244 e. The number of ether oxygens (including phenoxy) is 4. The standard InChI is InChI=1S/C18H36N4O13/c19-5(1-23)10(28)14(6(27)2-24)35-18(22)16(21)13(31)15(8(4-26)34-18)33-17-9(20)12(30)11(29)7(3-25)32-17/h1,5-17,24-31H,2-4,19-22H2/t5-,6+,7+,8+,9+,10+,11+,12+,13-,14+,15+,16+,17-,18-/m0/s1. The Labute approximate surface area is 199 Å².